The molecule has 1 fully saturated rings. The molecule has 21 heavy (non-hydrogen) atoms. The van der Waals surface area contributed by atoms with Gasteiger partial charge in [-0.25, -0.2) is 12.7 Å². The van der Waals surface area contributed by atoms with Crippen molar-refractivity contribution in [3.63, 3.8) is 0 Å². The third-order valence-corrected chi connectivity index (χ3v) is 5.07. The number of sulfonamides is 1. The van der Waals surface area contributed by atoms with Gasteiger partial charge in [0.25, 0.3) is 5.91 Å². The van der Waals surface area contributed by atoms with Gasteiger partial charge in [-0.15, -0.1) is 0 Å². The van der Waals surface area contributed by atoms with Crippen LogP contribution in [-0.2, 0) is 10.0 Å². The minimum Gasteiger partial charge on any atom is -0.399 e. The lowest BCUT2D eigenvalue weighted by molar-refractivity contribution is 0.0923. The Balaban J connectivity index is 1.97. The number of hydrogen-bond donors (Lipinski definition) is 2. The topological polar surface area (TPSA) is 92.5 Å². The first-order valence-corrected chi connectivity index (χ1v) is 8.74. The third kappa shape index (κ3) is 3.95. The lowest BCUT2D eigenvalue weighted by Gasteiger charge is -2.30. The minimum absolute atomic E-state index is 0.00340. The number of nitrogens with zero attached hydrogens (tertiary/aromatic N) is 1. The zero-order chi connectivity index (χ0) is 15.6. The van der Waals surface area contributed by atoms with Gasteiger partial charge in [0.15, 0.2) is 0 Å². The van der Waals surface area contributed by atoms with Crippen LogP contribution >= 0.6 is 0 Å². The fourth-order valence-corrected chi connectivity index (χ4v) is 3.35. The molecule has 1 saturated heterocycles. The van der Waals surface area contributed by atoms with Gasteiger partial charge in [0.05, 0.1) is 6.26 Å². The molecule has 1 aromatic rings. The van der Waals surface area contributed by atoms with Gasteiger partial charge in [-0.3, -0.25) is 4.79 Å². The average molecular weight is 311 g/mol. The van der Waals surface area contributed by atoms with E-state index in [0.29, 0.717) is 37.2 Å². The zero-order valence-electron chi connectivity index (χ0n) is 12.3. The third-order valence-electron chi connectivity index (χ3n) is 3.76. The van der Waals surface area contributed by atoms with E-state index >= 15 is 0 Å². The summed E-state index contributed by atoms with van der Waals surface area (Å²) >= 11 is 0. The van der Waals surface area contributed by atoms with Crippen molar-refractivity contribution in [3.8, 4) is 0 Å². The van der Waals surface area contributed by atoms with Crippen LogP contribution < -0.4 is 11.1 Å². The van der Waals surface area contributed by atoms with Gasteiger partial charge < -0.3 is 11.1 Å². The summed E-state index contributed by atoms with van der Waals surface area (Å²) in [5, 5.41) is 2.96. The van der Waals surface area contributed by atoms with Crippen LogP contribution in [0.2, 0.25) is 0 Å². The normalized spacial score (nSPS) is 17.6. The van der Waals surface area contributed by atoms with E-state index in [1.54, 1.807) is 12.1 Å². The monoisotopic (exact) mass is 311 g/mol. The van der Waals surface area contributed by atoms with Gasteiger partial charge in [0, 0.05) is 30.4 Å². The van der Waals surface area contributed by atoms with E-state index in [0.717, 1.165) is 5.56 Å². The maximum Gasteiger partial charge on any atom is 0.251 e. The average Bonchev–Trinajstić information content (AvgIpc) is 2.41. The maximum absolute atomic E-state index is 12.3. The number of aryl methyl sites for hydroxylation is 1. The van der Waals surface area contributed by atoms with Crippen molar-refractivity contribution in [1.82, 2.24) is 9.62 Å². The maximum atomic E-state index is 12.3. The number of nitrogens with one attached hydrogen (secondary N) is 1. The molecule has 0 bridgehead atoms. The Morgan fingerprint density at radius 2 is 1.95 bits per heavy atom. The van der Waals surface area contributed by atoms with Crippen molar-refractivity contribution in [1.29, 1.82) is 0 Å². The number of anilines is 1. The molecule has 0 spiro atoms. The molecule has 0 saturated carbocycles. The van der Waals surface area contributed by atoms with Crippen LogP contribution in [0, 0.1) is 6.92 Å². The molecule has 1 aliphatic heterocycles. The summed E-state index contributed by atoms with van der Waals surface area (Å²) in [5.41, 5.74) is 7.71. The molecule has 0 aromatic heterocycles. The second kappa shape index (κ2) is 6.03. The number of carbonyl (C=O) groups is 1. The highest BCUT2D eigenvalue weighted by Gasteiger charge is 2.26. The van der Waals surface area contributed by atoms with Crippen molar-refractivity contribution in [2.24, 2.45) is 0 Å². The van der Waals surface area contributed by atoms with Crippen LogP contribution in [0.1, 0.15) is 28.8 Å². The highest BCUT2D eigenvalue weighted by Crippen LogP contribution is 2.16. The Hall–Kier alpha value is -1.60. The van der Waals surface area contributed by atoms with Gasteiger partial charge in [-0.1, -0.05) is 6.07 Å². The summed E-state index contributed by atoms with van der Waals surface area (Å²) in [6.45, 7) is 2.75. The van der Waals surface area contributed by atoms with E-state index in [9.17, 15) is 13.2 Å². The Bertz CT molecular complexity index is 635. The summed E-state index contributed by atoms with van der Waals surface area (Å²) < 4.78 is 24.3. The van der Waals surface area contributed by atoms with Crippen LogP contribution in [0.15, 0.2) is 18.2 Å². The van der Waals surface area contributed by atoms with Crippen LogP contribution in [0.3, 0.4) is 0 Å². The second-order valence-electron chi connectivity index (χ2n) is 5.48. The Morgan fingerprint density at radius 1 is 1.33 bits per heavy atom. The molecular formula is C14H21N3O3S. The van der Waals surface area contributed by atoms with E-state index in [1.165, 1.54) is 10.6 Å². The van der Waals surface area contributed by atoms with Crippen molar-refractivity contribution in [3.05, 3.63) is 29.3 Å². The highest BCUT2D eigenvalue weighted by molar-refractivity contribution is 7.88. The predicted molar refractivity (Wildman–Crippen MR) is 82.5 cm³/mol. The van der Waals surface area contributed by atoms with Crippen LogP contribution in [0.5, 0.6) is 0 Å². The van der Waals surface area contributed by atoms with E-state index in [2.05, 4.69) is 5.32 Å². The standard InChI is InChI=1S/C14H21N3O3S/c1-10-3-4-11(15)9-13(10)14(18)16-12-5-7-17(8-6-12)21(2,19)20/h3-4,9,12H,5-8,15H2,1-2H3,(H,16,18). The van der Waals surface area contributed by atoms with E-state index in [1.807, 2.05) is 13.0 Å². The lowest BCUT2D eigenvalue weighted by atomic mass is 10.0. The molecule has 1 heterocycles. The molecule has 2 rings (SSSR count). The first kappa shape index (κ1) is 15.8. The van der Waals surface area contributed by atoms with Gasteiger partial charge >= 0.3 is 0 Å². The molecule has 1 aliphatic rings. The molecule has 1 aromatic carbocycles. The second-order valence-corrected chi connectivity index (χ2v) is 7.47. The molecule has 0 atom stereocenters. The summed E-state index contributed by atoms with van der Waals surface area (Å²) in [6.07, 6.45) is 2.46. The fraction of sp³-hybridized carbons (Fsp3) is 0.500. The Kier molecular flexibility index (Phi) is 4.53. The smallest absolute Gasteiger partial charge is 0.251 e. The SMILES string of the molecule is Cc1ccc(N)cc1C(=O)NC1CCN(S(C)(=O)=O)CC1. The first-order chi connectivity index (χ1) is 9.77. The Morgan fingerprint density at radius 3 is 2.52 bits per heavy atom. The van der Waals surface area contributed by atoms with Crippen molar-refractivity contribution >= 4 is 21.6 Å². The molecule has 0 unspecified atom stereocenters. The van der Waals surface area contributed by atoms with E-state index < -0.39 is 10.0 Å². The lowest BCUT2D eigenvalue weighted by Crippen LogP contribution is -2.46. The summed E-state index contributed by atoms with van der Waals surface area (Å²) in [7, 11) is -3.14. The van der Waals surface area contributed by atoms with Crippen molar-refractivity contribution < 1.29 is 13.2 Å². The largest absolute Gasteiger partial charge is 0.399 e. The van der Waals surface area contributed by atoms with Crippen LogP contribution in [-0.4, -0.2) is 44.0 Å². The summed E-state index contributed by atoms with van der Waals surface area (Å²) in [4.78, 5) is 12.3. The number of piperidine rings is 1. The van der Waals surface area contributed by atoms with E-state index in [4.69, 9.17) is 5.73 Å². The number of rotatable bonds is 3. The van der Waals surface area contributed by atoms with Gasteiger partial charge in [0.1, 0.15) is 0 Å². The number of nitrogens with two attached hydrogens (primary N) is 1. The fourth-order valence-electron chi connectivity index (χ4n) is 2.48. The number of carbonyl (C=O) groups excluding carboxylic acids is 1. The molecule has 0 aliphatic carbocycles. The van der Waals surface area contributed by atoms with Crippen LogP contribution in [0.25, 0.3) is 0 Å². The highest BCUT2D eigenvalue weighted by atomic mass is 32.2. The van der Waals surface area contributed by atoms with Crippen molar-refractivity contribution in [2.45, 2.75) is 25.8 Å². The quantitative estimate of drug-likeness (QED) is 0.805. The number of benzene rings is 1. The molecule has 116 valence electrons. The molecule has 6 nitrogen and oxygen atoms in total. The summed E-state index contributed by atoms with van der Waals surface area (Å²) in [5.74, 6) is -0.155. The predicted octanol–water partition coefficient (Wildman–Crippen LogP) is 0.731. The van der Waals surface area contributed by atoms with Crippen molar-refractivity contribution in [2.75, 3.05) is 25.1 Å². The van der Waals surface area contributed by atoms with Crippen LogP contribution in [0.4, 0.5) is 5.69 Å². The first-order valence-electron chi connectivity index (χ1n) is 6.89. The summed E-state index contributed by atoms with van der Waals surface area (Å²) in [6, 6.07) is 5.24. The molecule has 1 amide bonds. The minimum atomic E-state index is -3.14. The molecule has 0 radical (unpaired) electrons. The number of hydrogen-bond acceptors (Lipinski definition) is 4. The number of amides is 1. The molecule has 3 N–H and O–H groups in total. The Labute approximate surface area is 125 Å². The van der Waals surface area contributed by atoms with E-state index in [-0.39, 0.29) is 11.9 Å². The van der Waals surface area contributed by atoms with Gasteiger partial charge in [-0.05, 0) is 37.5 Å². The van der Waals surface area contributed by atoms with Gasteiger partial charge in [0.2, 0.25) is 10.0 Å². The molecule has 7 heteroatoms. The number of nitrogen functional groups attached to an aromatic ring is 1. The zero-order valence-corrected chi connectivity index (χ0v) is 13.1. The molecular weight excluding hydrogens is 290 g/mol. The van der Waals surface area contributed by atoms with Gasteiger partial charge in [-0.2, -0.15) is 0 Å².